The molecule has 0 aliphatic carbocycles. The fourth-order valence-electron chi connectivity index (χ4n) is 4.27. The Hall–Kier alpha value is -4.14. The molecule has 1 unspecified atom stereocenters. The second kappa shape index (κ2) is 11.9. The van der Waals surface area contributed by atoms with Gasteiger partial charge in [0.05, 0.1) is 24.2 Å². The number of halogens is 3. The van der Waals surface area contributed by atoms with Crippen molar-refractivity contribution in [2.75, 3.05) is 18.5 Å². The minimum absolute atomic E-state index is 0.0951. The second-order valence-corrected chi connectivity index (χ2v) is 9.72. The van der Waals surface area contributed by atoms with Crippen molar-refractivity contribution < 1.29 is 28.2 Å². The van der Waals surface area contributed by atoms with Gasteiger partial charge in [-0.1, -0.05) is 35.3 Å². The van der Waals surface area contributed by atoms with Gasteiger partial charge in [0.25, 0.3) is 5.91 Å². The molecule has 0 radical (unpaired) electrons. The molecule has 0 bridgehead atoms. The largest absolute Gasteiger partial charge is 0.493 e. The predicted octanol–water partition coefficient (Wildman–Crippen LogP) is 7.67. The minimum atomic E-state index is -0.524. The molecule has 0 fully saturated rings. The van der Waals surface area contributed by atoms with Crippen LogP contribution < -0.4 is 14.8 Å². The second-order valence-electron chi connectivity index (χ2n) is 8.88. The van der Waals surface area contributed by atoms with Crippen molar-refractivity contribution in [3.05, 3.63) is 99.8 Å². The Labute approximate surface area is 239 Å². The molecule has 7 nitrogen and oxygen atoms in total. The lowest BCUT2D eigenvalue weighted by Gasteiger charge is -2.25. The van der Waals surface area contributed by atoms with Crippen molar-refractivity contribution in [2.45, 2.75) is 19.3 Å². The summed E-state index contributed by atoms with van der Waals surface area (Å²) < 4.78 is 31.2. The van der Waals surface area contributed by atoms with Gasteiger partial charge >= 0.3 is 5.97 Å². The molecule has 1 aromatic heterocycles. The molecule has 204 valence electrons. The first kappa shape index (κ1) is 27.4. The highest BCUT2D eigenvalue weighted by Gasteiger charge is 2.30. The molecule has 2 heterocycles. The fraction of sp³-hybridized carbons (Fsp3) is 0.167. The number of anilines is 1. The van der Waals surface area contributed by atoms with Crippen LogP contribution in [0.4, 0.5) is 10.2 Å². The third-order valence-corrected chi connectivity index (χ3v) is 6.77. The smallest absolute Gasteiger partial charge is 0.313 e. The number of benzene rings is 3. The summed E-state index contributed by atoms with van der Waals surface area (Å²) in [5.74, 6) is -0.257. The summed E-state index contributed by atoms with van der Waals surface area (Å²) in [7, 11) is 0. The summed E-state index contributed by atoms with van der Waals surface area (Å²) in [6.07, 6.45) is 0.502. The molecular weight excluding hydrogens is 558 g/mol. The van der Waals surface area contributed by atoms with Gasteiger partial charge in [-0.2, -0.15) is 0 Å². The Bertz CT molecular complexity index is 1560. The lowest BCUT2D eigenvalue weighted by atomic mass is 9.93. The highest BCUT2D eigenvalue weighted by atomic mass is 35.5. The molecule has 5 rings (SSSR count). The van der Waals surface area contributed by atoms with Crippen molar-refractivity contribution >= 4 is 40.9 Å². The predicted molar refractivity (Wildman–Crippen MR) is 150 cm³/mol. The zero-order chi connectivity index (χ0) is 28.2. The van der Waals surface area contributed by atoms with E-state index in [9.17, 15) is 14.0 Å². The molecule has 4 aromatic rings. The summed E-state index contributed by atoms with van der Waals surface area (Å²) in [5.41, 5.74) is 1.62. The van der Waals surface area contributed by atoms with Gasteiger partial charge in [-0.25, -0.2) is 9.37 Å². The van der Waals surface area contributed by atoms with Gasteiger partial charge in [-0.15, -0.1) is 0 Å². The number of carbonyl (C=O) groups is 2. The average Bonchev–Trinajstić information content (AvgIpc) is 2.95. The normalized spacial score (nSPS) is 14.1. The van der Waals surface area contributed by atoms with E-state index in [0.29, 0.717) is 63.6 Å². The first-order valence-corrected chi connectivity index (χ1v) is 13.2. The quantitative estimate of drug-likeness (QED) is 0.226. The summed E-state index contributed by atoms with van der Waals surface area (Å²) in [6, 6.07) is 18.9. The maximum Gasteiger partial charge on any atom is 0.313 e. The minimum Gasteiger partial charge on any atom is -0.493 e. The topological polar surface area (TPSA) is 86.8 Å². The van der Waals surface area contributed by atoms with Gasteiger partial charge in [0.15, 0.2) is 0 Å². The van der Waals surface area contributed by atoms with Gasteiger partial charge in [0.2, 0.25) is 0 Å². The lowest BCUT2D eigenvalue weighted by molar-refractivity contribution is -0.145. The molecule has 1 atom stereocenters. The number of fused-ring (bicyclic) bond motifs is 1. The molecular formula is C30H23Cl2FN2O5. The van der Waals surface area contributed by atoms with Crippen molar-refractivity contribution in [3.63, 3.8) is 0 Å². The van der Waals surface area contributed by atoms with Gasteiger partial charge < -0.3 is 19.5 Å². The number of esters is 1. The van der Waals surface area contributed by atoms with Crippen LogP contribution in [0.3, 0.4) is 0 Å². The molecule has 1 aliphatic heterocycles. The molecule has 10 heteroatoms. The third-order valence-electron chi connectivity index (χ3n) is 6.22. The maximum atomic E-state index is 14.4. The number of aromatic nitrogens is 1. The standard InChI is InChI=1S/C30H23Cl2FN2O5/c1-2-38-30(37)21-13-14-39-25-16-26(23(32)15-22(21)25)40-20-9-5-18(6-10-20)29(36)35-27-12-11-24(33)28(34-27)17-3-7-19(31)8-4-17/h3-12,15-16,21H,2,13-14H2,1H3,(H,34,35,36). The van der Waals surface area contributed by atoms with E-state index < -0.39 is 17.6 Å². The van der Waals surface area contributed by atoms with Crippen LogP contribution >= 0.6 is 23.2 Å². The molecule has 1 amide bonds. The zero-order valence-electron chi connectivity index (χ0n) is 21.2. The van der Waals surface area contributed by atoms with E-state index in [1.54, 1.807) is 67.6 Å². The van der Waals surface area contributed by atoms with Crippen LogP contribution in [0.1, 0.15) is 35.2 Å². The van der Waals surface area contributed by atoms with Gasteiger partial charge in [0.1, 0.15) is 34.6 Å². The van der Waals surface area contributed by atoms with E-state index in [-0.39, 0.29) is 17.5 Å². The van der Waals surface area contributed by atoms with E-state index in [2.05, 4.69) is 10.3 Å². The molecule has 3 aromatic carbocycles. The number of amides is 1. The van der Waals surface area contributed by atoms with Crippen LogP contribution in [0.25, 0.3) is 11.3 Å². The highest BCUT2D eigenvalue weighted by molar-refractivity contribution is 6.32. The first-order chi connectivity index (χ1) is 19.3. The van der Waals surface area contributed by atoms with Crippen LogP contribution in [0, 0.1) is 5.82 Å². The van der Waals surface area contributed by atoms with Crippen molar-refractivity contribution in [3.8, 4) is 28.5 Å². The number of nitrogens with zero attached hydrogens (tertiary/aromatic N) is 1. The van der Waals surface area contributed by atoms with E-state index in [1.807, 2.05) is 0 Å². The molecule has 0 saturated carbocycles. The molecule has 40 heavy (non-hydrogen) atoms. The number of hydrogen-bond acceptors (Lipinski definition) is 6. The van der Waals surface area contributed by atoms with Crippen LogP contribution in [0.5, 0.6) is 17.2 Å². The van der Waals surface area contributed by atoms with Gasteiger partial charge in [-0.05, 0) is 67.9 Å². The number of carbonyl (C=O) groups excluding carboxylic acids is 2. The van der Waals surface area contributed by atoms with Crippen LogP contribution in [0.2, 0.25) is 10.0 Å². The summed E-state index contributed by atoms with van der Waals surface area (Å²) in [5, 5.41) is 3.51. The SMILES string of the molecule is CCOC(=O)C1CCOc2cc(Oc3ccc(C(=O)Nc4ccc(F)c(-c5ccc(Cl)cc5)n4)cc3)c(Cl)cc21. The van der Waals surface area contributed by atoms with E-state index in [0.717, 1.165) is 0 Å². The van der Waals surface area contributed by atoms with Gasteiger partial charge in [0, 0.05) is 27.8 Å². The number of hydrogen-bond donors (Lipinski definition) is 1. The fourth-order valence-corrected chi connectivity index (χ4v) is 4.60. The van der Waals surface area contributed by atoms with E-state index in [4.69, 9.17) is 37.4 Å². The molecule has 0 saturated heterocycles. The summed E-state index contributed by atoms with van der Waals surface area (Å²) in [6.45, 7) is 2.42. The average molecular weight is 581 g/mol. The van der Waals surface area contributed by atoms with Crippen LogP contribution in [0.15, 0.2) is 72.8 Å². The third kappa shape index (κ3) is 6.03. The first-order valence-electron chi connectivity index (χ1n) is 12.5. The van der Waals surface area contributed by atoms with Crippen molar-refractivity contribution in [1.82, 2.24) is 4.98 Å². The number of rotatable bonds is 7. The van der Waals surface area contributed by atoms with Crippen molar-refractivity contribution in [2.24, 2.45) is 0 Å². The Morgan fingerprint density at radius 2 is 1.80 bits per heavy atom. The lowest BCUT2D eigenvalue weighted by Crippen LogP contribution is -2.23. The van der Waals surface area contributed by atoms with Gasteiger partial charge in [-0.3, -0.25) is 9.59 Å². The van der Waals surface area contributed by atoms with E-state index in [1.165, 1.54) is 12.1 Å². The van der Waals surface area contributed by atoms with E-state index >= 15 is 0 Å². The molecule has 1 aliphatic rings. The Balaban J connectivity index is 1.28. The maximum absolute atomic E-state index is 14.4. The number of ether oxygens (including phenoxy) is 3. The molecule has 0 spiro atoms. The zero-order valence-corrected chi connectivity index (χ0v) is 22.8. The number of nitrogens with one attached hydrogen (secondary N) is 1. The van der Waals surface area contributed by atoms with Crippen LogP contribution in [-0.4, -0.2) is 30.1 Å². The summed E-state index contributed by atoms with van der Waals surface area (Å²) >= 11 is 12.4. The Kier molecular flexibility index (Phi) is 8.19. The molecule has 1 N–H and O–H groups in total. The Morgan fingerprint density at radius 3 is 2.52 bits per heavy atom. The number of pyridine rings is 1. The monoisotopic (exact) mass is 580 g/mol. The van der Waals surface area contributed by atoms with Crippen molar-refractivity contribution in [1.29, 1.82) is 0 Å². The Morgan fingerprint density at radius 1 is 1.05 bits per heavy atom. The highest BCUT2D eigenvalue weighted by Crippen LogP contribution is 2.42. The van der Waals surface area contributed by atoms with Crippen LogP contribution in [-0.2, 0) is 9.53 Å². The summed E-state index contributed by atoms with van der Waals surface area (Å²) in [4.78, 5) is 29.4.